The fourth-order valence-electron chi connectivity index (χ4n) is 1.83. The molecule has 106 valence electrons. The third-order valence-corrected chi connectivity index (χ3v) is 5.32. The summed E-state index contributed by atoms with van der Waals surface area (Å²) >= 11 is 23.7. The van der Waals surface area contributed by atoms with Crippen LogP contribution in [0.25, 0.3) is 21.8 Å². The molecule has 21 heavy (non-hydrogen) atoms. The first-order valence-corrected chi connectivity index (χ1v) is 8.59. The van der Waals surface area contributed by atoms with Crippen molar-refractivity contribution in [2.45, 2.75) is 0 Å². The van der Waals surface area contributed by atoms with Gasteiger partial charge < -0.3 is 0 Å². The van der Waals surface area contributed by atoms with E-state index in [1.54, 1.807) is 6.07 Å². The molecule has 2 aromatic heterocycles. The lowest BCUT2D eigenvalue weighted by molar-refractivity contribution is 1.19. The number of thiophene rings is 1. The second-order valence-electron chi connectivity index (χ2n) is 4.11. The molecular weight excluding hydrogens is 414 g/mol. The molecule has 7 heteroatoms. The van der Waals surface area contributed by atoms with Crippen LogP contribution in [-0.2, 0) is 0 Å². The molecule has 0 aliphatic carbocycles. The normalized spacial score (nSPS) is 10.9. The van der Waals surface area contributed by atoms with Gasteiger partial charge in [-0.05, 0) is 28.1 Å². The zero-order chi connectivity index (χ0) is 15.0. The summed E-state index contributed by atoms with van der Waals surface area (Å²) in [5.74, 6) is 0.497. The lowest BCUT2D eigenvalue weighted by Gasteiger charge is -2.09. The fourth-order valence-corrected chi connectivity index (χ4v) is 4.02. The molecule has 0 unspecified atom stereocenters. The highest BCUT2D eigenvalue weighted by Gasteiger charge is 2.17. The molecule has 0 N–H and O–H groups in total. The van der Waals surface area contributed by atoms with Gasteiger partial charge in [-0.1, -0.05) is 53.0 Å². The van der Waals surface area contributed by atoms with Crippen molar-refractivity contribution in [1.82, 2.24) is 9.97 Å². The quantitative estimate of drug-likeness (QED) is 0.437. The van der Waals surface area contributed by atoms with E-state index in [1.165, 1.54) is 11.3 Å². The van der Waals surface area contributed by atoms with E-state index in [2.05, 4.69) is 25.9 Å². The Bertz CT molecular complexity index is 796. The van der Waals surface area contributed by atoms with Crippen LogP contribution in [0.3, 0.4) is 0 Å². The van der Waals surface area contributed by atoms with E-state index in [4.69, 9.17) is 34.8 Å². The Morgan fingerprint density at radius 2 is 1.67 bits per heavy atom. The molecule has 0 saturated heterocycles. The summed E-state index contributed by atoms with van der Waals surface area (Å²) in [7, 11) is 0. The molecule has 0 amide bonds. The fraction of sp³-hybridized carbons (Fsp3) is 0. The van der Waals surface area contributed by atoms with Crippen LogP contribution in [0.1, 0.15) is 0 Å². The monoisotopic (exact) mass is 418 g/mol. The molecule has 0 bridgehead atoms. The third-order valence-electron chi connectivity index (χ3n) is 2.75. The van der Waals surface area contributed by atoms with Crippen LogP contribution in [0.15, 0.2) is 40.2 Å². The first-order chi connectivity index (χ1) is 10.1. The third kappa shape index (κ3) is 3.10. The topological polar surface area (TPSA) is 25.8 Å². The van der Waals surface area contributed by atoms with Gasteiger partial charge in [0.15, 0.2) is 5.82 Å². The molecule has 0 saturated carbocycles. The lowest BCUT2D eigenvalue weighted by atomic mass is 10.1. The maximum atomic E-state index is 6.30. The number of rotatable bonds is 2. The van der Waals surface area contributed by atoms with Gasteiger partial charge in [0.05, 0.1) is 10.4 Å². The van der Waals surface area contributed by atoms with Crippen LogP contribution in [0, 0.1) is 0 Å². The Morgan fingerprint density at radius 3 is 2.24 bits per heavy atom. The molecular formula is C14H6BrCl3N2S. The van der Waals surface area contributed by atoms with Crippen molar-refractivity contribution in [2.75, 3.05) is 0 Å². The van der Waals surface area contributed by atoms with Crippen LogP contribution in [0.5, 0.6) is 0 Å². The smallest absolute Gasteiger partial charge is 0.172 e. The summed E-state index contributed by atoms with van der Waals surface area (Å²) < 4.78 is 0.966. The largest absolute Gasteiger partial charge is 0.215 e. The molecule has 0 aliphatic heterocycles. The molecule has 2 heterocycles. The maximum absolute atomic E-state index is 6.30. The van der Waals surface area contributed by atoms with Gasteiger partial charge in [0.25, 0.3) is 0 Å². The number of hydrogen-bond acceptors (Lipinski definition) is 3. The molecule has 0 fully saturated rings. The summed E-state index contributed by atoms with van der Waals surface area (Å²) in [5, 5.41) is 3.06. The van der Waals surface area contributed by atoms with Crippen molar-refractivity contribution in [1.29, 1.82) is 0 Å². The van der Waals surface area contributed by atoms with Crippen LogP contribution in [-0.4, -0.2) is 9.97 Å². The van der Waals surface area contributed by atoms with E-state index in [1.807, 2.05) is 29.6 Å². The highest BCUT2D eigenvalue weighted by molar-refractivity contribution is 9.10. The Hall–Kier alpha value is -0.650. The van der Waals surface area contributed by atoms with Gasteiger partial charge in [-0.3, -0.25) is 0 Å². The Morgan fingerprint density at radius 1 is 1.00 bits per heavy atom. The molecule has 2 nitrogen and oxygen atoms in total. The lowest BCUT2D eigenvalue weighted by Crippen LogP contribution is -1.94. The summed E-state index contributed by atoms with van der Waals surface area (Å²) in [5.41, 5.74) is 1.26. The van der Waals surface area contributed by atoms with Gasteiger partial charge in [-0.25, -0.2) is 9.97 Å². The number of aromatic nitrogens is 2. The number of nitrogens with zero attached hydrogens (tertiary/aromatic N) is 2. The van der Waals surface area contributed by atoms with Crippen LogP contribution >= 0.6 is 62.1 Å². The average molecular weight is 421 g/mol. The SMILES string of the molecule is Clc1ccccc1-c1c(Cl)nc(-c2cc(Br)cs2)nc1Cl. The van der Waals surface area contributed by atoms with Crippen molar-refractivity contribution in [3.63, 3.8) is 0 Å². The highest BCUT2D eigenvalue weighted by Crippen LogP contribution is 2.38. The van der Waals surface area contributed by atoms with Gasteiger partial charge in [0.2, 0.25) is 0 Å². The van der Waals surface area contributed by atoms with Gasteiger partial charge in [0, 0.05) is 20.4 Å². The molecule has 0 radical (unpaired) electrons. The van der Waals surface area contributed by atoms with Crippen LogP contribution in [0.2, 0.25) is 15.3 Å². The second-order valence-corrected chi connectivity index (χ2v) is 7.06. The molecule has 1 aromatic carbocycles. The summed E-state index contributed by atoms with van der Waals surface area (Å²) in [6, 6.07) is 9.22. The average Bonchev–Trinajstić information content (AvgIpc) is 2.87. The van der Waals surface area contributed by atoms with Crippen molar-refractivity contribution < 1.29 is 0 Å². The zero-order valence-corrected chi connectivity index (χ0v) is 14.9. The second kappa shape index (κ2) is 6.23. The van der Waals surface area contributed by atoms with E-state index in [0.29, 0.717) is 22.0 Å². The molecule has 0 atom stereocenters. The highest BCUT2D eigenvalue weighted by atomic mass is 79.9. The molecule has 3 rings (SSSR count). The summed E-state index contributed by atoms with van der Waals surface area (Å²) in [6.45, 7) is 0. The number of benzene rings is 1. The van der Waals surface area contributed by atoms with E-state index in [9.17, 15) is 0 Å². The number of halogens is 4. The minimum atomic E-state index is 0.280. The minimum Gasteiger partial charge on any atom is -0.215 e. The van der Waals surface area contributed by atoms with Crippen molar-refractivity contribution in [3.05, 3.63) is 55.5 Å². The van der Waals surface area contributed by atoms with Crippen molar-refractivity contribution in [2.24, 2.45) is 0 Å². The Balaban J connectivity index is 2.15. The van der Waals surface area contributed by atoms with Crippen molar-refractivity contribution >= 4 is 62.1 Å². The summed E-state index contributed by atoms with van der Waals surface area (Å²) in [6.07, 6.45) is 0. The zero-order valence-electron chi connectivity index (χ0n) is 10.3. The van der Waals surface area contributed by atoms with Gasteiger partial charge in [0.1, 0.15) is 10.3 Å². The van der Waals surface area contributed by atoms with E-state index in [0.717, 1.165) is 9.35 Å². The number of hydrogen-bond donors (Lipinski definition) is 0. The molecule has 3 aromatic rings. The van der Waals surface area contributed by atoms with E-state index >= 15 is 0 Å². The Kier molecular flexibility index (Phi) is 4.52. The minimum absolute atomic E-state index is 0.280. The van der Waals surface area contributed by atoms with Gasteiger partial charge in [-0.15, -0.1) is 11.3 Å². The first kappa shape index (κ1) is 15.3. The summed E-state index contributed by atoms with van der Waals surface area (Å²) in [4.78, 5) is 9.56. The Labute approximate surface area is 148 Å². The first-order valence-electron chi connectivity index (χ1n) is 5.78. The molecule has 0 spiro atoms. The van der Waals surface area contributed by atoms with Crippen LogP contribution in [0.4, 0.5) is 0 Å². The molecule has 0 aliphatic rings. The predicted octanol–water partition coefficient (Wildman–Crippen LogP) is 6.59. The van der Waals surface area contributed by atoms with E-state index < -0.39 is 0 Å². The maximum Gasteiger partial charge on any atom is 0.172 e. The predicted molar refractivity (Wildman–Crippen MR) is 93.5 cm³/mol. The van der Waals surface area contributed by atoms with Gasteiger partial charge >= 0.3 is 0 Å². The van der Waals surface area contributed by atoms with E-state index in [-0.39, 0.29) is 10.3 Å². The van der Waals surface area contributed by atoms with Gasteiger partial charge in [-0.2, -0.15) is 0 Å². The van der Waals surface area contributed by atoms with Crippen LogP contribution < -0.4 is 0 Å². The standard InChI is InChI=1S/C14H6BrCl3N2S/c15-7-5-10(21-6-7)14-19-12(17)11(13(18)20-14)8-3-1-2-4-9(8)16/h1-6H. The van der Waals surface area contributed by atoms with Crippen molar-refractivity contribution in [3.8, 4) is 21.8 Å².